The normalized spacial score (nSPS) is 10.1. The molecule has 0 aliphatic carbocycles. The fourth-order valence-electron chi connectivity index (χ4n) is 1.23. The molecule has 0 saturated heterocycles. The van der Waals surface area contributed by atoms with Gasteiger partial charge in [-0.15, -0.1) is 0 Å². The van der Waals surface area contributed by atoms with Gasteiger partial charge in [-0.2, -0.15) is 0 Å². The Morgan fingerprint density at radius 2 is 2.12 bits per heavy atom. The Kier molecular flexibility index (Phi) is 3.50. The van der Waals surface area contributed by atoms with Gasteiger partial charge in [-0.1, -0.05) is 11.6 Å². The van der Waals surface area contributed by atoms with E-state index in [9.17, 15) is 4.79 Å². The van der Waals surface area contributed by atoms with Crippen molar-refractivity contribution in [1.82, 2.24) is 9.97 Å². The Hall–Kier alpha value is -1.01. The molecule has 0 atom stereocenters. The number of rotatable bonds is 2. The second kappa shape index (κ2) is 4.88. The summed E-state index contributed by atoms with van der Waals surface area (Å²) in [6, 6.07) is 5.18. The quantitative estimate of drug-likeness (QED) is 0.621. The fraction of sp³-hybridized carbons (Fsp3) is 0. The van der Waals surface area contributed by atoms with Gasteiger partial charge in [0.15, 0.2) is 0 Å². The summed E-state index contributed by atoms with van der Waals surface area (Å²) in [5, 5.41) is 0.535. The maximum absolute atomic E-state index is 12.1. The Bertz CT molecular complexity index is 531. The minimum atomic E-state index is -0.167. The van der Waals surface area contributed by atoms with Gasteiger partial charge in [-0.3, -0.25) is 9.78 Å². The van der Waals surface area contributed by atoms with Crippen LogP contribution < -0.4 is 0 Å². The van der Waals surface area contributed by atoms with Gasteiger partial charge in [0.25, 0.3) is 0 Å². The first-order chi connectivity index (χ1) is 7.68. The van der Waals surface area contributed by atoms with Crippen LogP contribution >= 0.6 is 34.2 Å². The molecule has 1 heterocycles. The molecule has 0 spiro atoms. The molecule has 80 valence electrons. The largest absolute Gasteiger partial charge is 0.287 e. The highest BCUT2D eigenvalue weighted by molar-refractivity contribution is 14.1. The lowest BCUT2D eigenvalue weighted by Crippen LogP contribution is -2.06. The van der Waals surface area contributed by atoms with E-state index in [0.29, 0.717) is 16.3 Å². The van der Waals surface area contributed by atoms with E-state index in [1.165, 1.54) is 18.6 Å². The van der Waals surface area contributed by atoms with Crippen molar-refractivity contribution in [2.24, 2.45) is 0 Å². The van der Waals surface area contributed by atoms with Crippen molar-refractivity contribution in [3.8, 4) is 0 Å². The first-order valence-electron chi connectivity index (χ1n) is 4.44. The van der Waals surface area contributed by atoms with E-state index in [-0.39, 0.29) is 5.78 Å². The van der Waals surface area contributed by atoms with Crippen molar-refractivity contribution in [2.75, 3.05) is 0 Å². The summed E-state index contributed by atoms with van der Waals surface area (Å²) in [4.78, 5) is 19.9. The van der Waals surface area contributed by atoms with E-state index in [1.54, 1.807) is 18.2 Å². The smallest absolute Gasteiger partial charge is 0.214 e. The van der Waals surface area contributed by atoms with Crippen molar-refractivity contribution >= 4 is 40.0 Å². The third-order valence-electron chi connectivity index (χ3n) is 1.97. The SMILES string of the molecule is O=C(c1cnccn1)c1cc(Cl)ccc1I. The zero-order chi connectivity index (χ0) is 11.5. The minimum absolute atomic E-state index is 0.167. The average Bonchev–Trinajstić information content (AvgIpc) is 2.32. The molecular weight excluding hydrogens is 338 g/mol. The van der Waals surface area contributed by atoms with E-state index in [0.717, 1.165) is 3.57 Å². The van der Waals surface area contributed by atoms with Gasteiger partial charge in [-0.25, -0.2) is 4.98 Å². The van der Waals surface area contributed by atoms with Crippen LogP contribution in [0.1, 0.15) is 16.1 Å². The highest BCUT2D eigenvalue weighted by atomic mass is 127. The van der Waals surface area contributed by atoms with Crippen LogP contribution in [0.5, 0.6) is 0 Å². The van der Waals surface area contributed by atoms with Crippen LogP contribution in [-0.2, 0) is 0 Å². The Morgan fingerprint density at radius 1 is 1.31 bits per heavy atom. The standard InChI is InChI=1S/C11H6ClIN2O/c12-7-1-2-9(13)8(5-7)11(16)10-6-14-3-4-15-10/h1-6H. The number of aromatic nitrogens is 2. The van der Waals surface area contributed by atoms with E-state index in [2.05, 4.69) is 32.6 Å². The Balaban J connectivity index is 2.46. The van der Waals surface area contributed by atoms with Gasteiger partial charge in [-0.05, 0) is 40.8 Å². The van der Waals surface area contributed by atoms with E-state index >= 15 is 0 Å². The van der Waals surface area contributed by atoms with E-state index in [1.807, 2.05) is 0 Å². The average molecular weight is 345 g/mol. The van der Waals surface area contributed by atoms with Crippen LogP contribution in [0.25, 0.3) is 0 Å². The maximum atomic E-state index is 12.1. The van der Waals surface area contributed by atoms with Crippen LogP contribution in [-0.4, -0.2) is 15.8 Å². The lowest BCUT2D eigenvalue weighted by Gasteiger charge is -2.03. The van der Waals surface area contributed by atoms with Crippen molar-refractivity contribution in [1.29, 1.82) is 0 Å². The van der Waals surface area contributed by atoms with Gasteiger partial charge >= 0.3 is 0 Å². The first-order valence-corrected chi connectivity index (χ1v) is 5.90. The van der Waals surface area contributed by atoms with Gasteiger partial charge in [0.05, 0.1) is 6.20 Å². The fourth-order valence-corrected chi connectivity index (χ4v) is 1.98. The predicted molar refractivity (Wildman–Crippen MR) is 69.6 cm³/mol. The van der Waals surface area contributed by atoms with Crippen molar-refractivity contribution in [3.05, 3.63) is 56.6 Å². The Morgan fingerprint density at radius 3 is 2.81 bits per heavy atom. The number of hydrogen-bond donors (Lipinski definition) is 0. The van der Waals surface area contributed by atoms with Gasteiger partial charge < -0.3 is 0 Å². The summed E-state index contributed by atoms with van der Waals surface area (Å²) in [7, 11) is 0. The predicted octanol–water partition coefficient (Wildman–Crippen LogP) is 2.97. The van der Waals surface area contributed by atoms with Crippen molar-refractivity contribution < 1.29 is 4.79 Å². The number of carbonyl (C=O) groups excluding carboxylic acids is 1. The Labute approximate surface area is 111 Å². The lowest BCUT2D eigenvalue weighted by atomic mass is 10.1. The number of hydrogen-bond acceptors (Lipinski definition) is 3. The number of nitrogens with zero attached hydrogens (tertiary/aromatic N) is 2. The zero-order valence-electron chi connectivity index (χ0n) is 8.02. The molecule has 0 aliphatic rings. The second-order valence-electron chi connectivity index (χ2n) is 3.04. The highest BCUT2D eigenvalue weighted by Gasteiger charge is 2.14. The third-order valence-corrected chi connectivity index (χ3v) is 3.14. The van der Waals surface area contributed by atoms with Crippen LogP contribution in [0.15, 0.2) is 36.8 Å². The summed E-state index contributed by atoms with van der Waals surface area (Å²) in [5.41, 5.74) is 0.872. The van der Waals surface area contributed by atoms with Crippen molar-refractivity contribution in [2.45, 2.75) is 0 Å². The minimum Gasteiger partial charge on any atom is -0.287 e. The molecule has 3 nitrogen and oxygen atoms in total. The monoisotopic (exact) mass is 344 g/mol. The molecule has 0 saturated carbocycles. The molecule has 0 amide bonds. The third kappa shape index (κ3) is 2.38. The summed E-state index contributed by atoms with van der Waals surface area (Å²) in [5.74, 6) is -0.167. The molecule has 0 fully saturated rings. The summed E-state index contributed by atoms with van der Waals surface area (Å²) in [6.45, 7) is 0. The van der Waals surface area contributed by atoms with Crippen LogP contribution in [0.3, 0.4) is 0 Å². The number of ketones is 1. The molecule has 1 aromatic heterocycles. The molecule has 5 heteroatoms. The molecule has 16 heavy (non-hydrogen) atoms. The molecule has 0 N–H and O–H groups in total. The summed E-state index contributed by atoms with van der Waals surface area (Å²) >= 11 is 7.95. The molecule has 0 radical (unpaired) electrons. The molecule has 2 rings (SSSR count). The second-order valence-corrected chi connectivity index (χ2v) is 4.64. The van der Waals surface area contributed by atoms with E-state index < -0.39 is 0 Å². The van der Waals surface area contributed by atoms with Gasteiger partial charge in [0.2, 0.25) is 5.78 Å². The molecule has 1 aromatic carbocycles. The molecule has 0 unspecified atom stereocenters. The number of benzene rings is 1. The van der Waals surface area contributed by atoms with E-state index in [4.69, 9.17) is 11.6 Å². The summed E-state index contributed by atoms with van der Waals surface area (Å²) < 4.78 is 0.845. The molecule has 0 bridgehead atoms. The van der Waals surface area contributed by atoms with Crippen molar-refractivity contribution in [3.63, 3.8) is 0 Å². The van der Waals surface area contributed by atoms with Gasteiger partial charge in [0, 0.05) is 26.5 Å². The molecular formula is C11H6ClIN2O. The number of halogens is 2. The lowest BCUT2D eigenvalue weighted by molar-refractivity contribution is 0.103. The summed E-state index contributed by atoms with van der Waals surface area (Å²) in [6.07, 6.45) is 4.46. The number of carbonyl (C=O) groups is 1. The van der Waals surface area contributed by atoms with Crippen LogP contribution in [0.2, 0.25) is 5.02 Å². The topological polar surface area (TPSA) is 42.9 Å². The maximum Gasteiger partial charge on any atom is 0.214 e. The van der Waals surface area contributed by atoms with Gasteiger partial charge in [0.1, 0.15) is 5.69 Å². The van der Waals surface area contributed by atoms with Crippen LogP contribution in [0, 0.1) is 3.57 Å². The van der Waals surface area contributed by atoms with Crippen LogP contribution in [0.4, 0.5) is 0 Å². The zero-order valence-corrected chi connectivity index (χ0v) is 10.9. The highest BCUT2D eigenvalue weighted by Crippen LogP contribution is 2.20. The molecule has 0 aliphatic heterocycles. The first kappa shape index (κ1) is 11.5. The molecule has 2 aromatic rings.